The highest BCUT2D eigenvalue weighted by Crippen LogP contribution is 2.15. The fraction of sp³-hybridized carbons (Fsp3) is 0.100. The highest BCUT2D eigenvalue weighted by molar-refractivity contribution is 6.30. The Bertz CT molecular complexity index is 549. The van der Waals surface area contributed by atoms with E-state index in [0.29, 0.717) is 16.4 Å². The Morgan fingerprint density at radius 3 is 2.82 bits per heavy atom. The number of carbonyl (C=O) groups is 1. The Kier molecular flexibility index (Phi) is 3.06. The van der Waals surface area contributed by atoms with Crippen molar-refractivity contribution in [3.05, 3.63) is 46.3 Å². The fourth-order valence-electron chi connectivity index (χ4n) is 1.39. The summed E-state index contributed by atoms with van der Waals surface area (Å²) in [7, 11) is 0. The van der Waals surface area contributed by atoms with Gasteiger partial charge in [-0.1, -0.05) is 11.6 Å². The van der Waals surface area contributed by atoms with E-state index >= 15 is 0 Å². The van der Waals surface area contributed by atoms with E-state index in [1.54, 1.807) is 6.07 Å². The Morgan fingerprint density at radius 1 is 1.47 bits per heavy atom. The summed E-state index contributed by atoms with van der Waals surface area (Å²) in [4.78, 5) is 14.6. The molecule has 1 amide bonds. The van der Waals surface area contributed by atoms with Gasteiger partial charge in [-0.15, -0.1) is 5.10 Å². The van der Waals surface area contributed by atoms with Gasteiger partial charge in [-0.3, -0.25) is 9.89 Å². The van der Waals surface area contributed by atoms with Crippen LogP contribution in [0.5, 0.6) is 0 Å². The van der Waals surface area contributed by atoms with Crippen LogP contribution in [0.15, 0.2) is 18.2 Å². The molecule has 2 rings (SSSR count). The fourth-order valence-corrected chi connectivity index (χ4v) is 1.64. The molecule has 1 heterocycles. The first kappa shape index (κ1) is 11.5. The van der Waals surface area contributed by atoms with Crippen LogP contribution < -0.4 is 5.73 Å². The number of amides is 1. The van der Waals surface area contributed by atoms with Gasteiger partial charge < -0.3 is 5.73 Å². The number of nitrogens with one attached hydrogen (secondary N) is 1. The maximum Gasteiger partial charge on any atom is 0.288 e. The van der Waals surface area contributed by atoms with Gasteiger partial charge in [-0.05, 0) is 23.8 Å². The second kappa shape index (κ2) is 4.50. The van der Waals surface area contributed by atoms with Gasteiger partial charge in [0.2, 0.25) is 5.82 Å². The van der Waals surface area contributed by atoms with Crippen LogP contribution in [0.25, 0.3) is 0 Å². The minimum Gasteiger partial charge on any atom is -0.363 e. The van der Waals surface area contributed by atoms with E-state index in [1.165, 1.54) is 12.1 Å². The van der Waals surface area contributed by atoms with E-state index < -0.39 is 11.7 Å². The maximum atomic E-state index is 13.1. The molecule has 7 heteroatoms. The second-order valence-corrected chi connectivity index (χ2v) is 3.86. The van der Waals surface area contributed by atoms with E-state index in [0.717, 1.165) is 0 Å². The first-order valence-corrected chi connectivity index (χ1v) is 5.08. The van der Waals surface area contributed by atoms with Crippen LogP contribution >= 0.6 is 11.6 Å². The smallest absolute Gasteiger partial charge is 0.288 e. The van der Waals surface area contributed by atoms with Crippen molar-refractivity contribution >= 4 is 17.5 Å². The quantitative estimate of drug-likeness (QED) is 0.865. The van der Waals surface area contributed by atoms with Crippen LogP contribution in [0.4, 0.5) is 4.39 Å². The van der Waals surface area contributed by atoms with Gasteiger partial charge >= 0.3 is 0 Å². The third-order valence-electron chi connectivity index (χ3n) is 2.05. The molecular formula is C10H8ClFN4O. The second-order valence-electron chi connectivity index (χ2n) is 3.42. The van der Waals surface area contributed by atoms with E-state index in [4.69, 9.17) is 17.3 Å². The number of hydrogen-bond donors (Lipinski definition) is 2. The molecule has 0 unspecified atom stereocenters. The molecule has 0 radical (unpaired) electrons. The minimum atomic E-state index is -0.718. The predicted octanol–water partition coefficient (Wildman–Crippen LogP) is 1.29. The van der Waals surface area contributed by atoms with Crippen LogP contribution in [0, 0.1) is 5.82 Å². The summed E-state index contributed by atoms with van der Waals surface area (Å²) in [5, 5.41) is 6.47. The Hall–Kier alpha value is -1.95. The molecule has 0 atom stereocenters. The molecule has 1 aromatic heterocycles. The third kappa shape index (κ3) is 2.79. The van der Waals surface area contributed by atoms with Crippen molar-refractivity contribution in [2.75, 3.05) is 0 Å². The average Bonchev–Trinajstić information content (AvgIpc) is 2.64. The summed E-state index contributed by atoms with van der Waals surface area (Å²) in [5.74, 6) is -0.824. The van der Waals surface area contributed by atoms with Crippen molar-refractivity contribution in [3.8, 4) is 0 Å². The van der Waals surface area contributed by atoms with Crippen molar-refractivity contribution in [1.82, 2.24) is 15.2 Å². The number of carbonyl (C=O) groups excluding carboxylic acids is 1. The Labute approximate surface area is 101 Å². The van der Waals surface area contributed by atoms with Crippen LogP contribution in [-0.2, 0) is 6.42 Å². The number of rotatable bonds is 3. The SMILES string of the molecule is NC(=O)c1n[nH]c(Cc2cc(F)cc(Cl)c2)n1. The molecule has 0 saturated heterocycles. The molecule has 0 saturated carbocycles. The standard InChI is InChI=1S/C10H8ClFN4O/c11-6-1-5(2-7(12)4-6)3-8-14-10(9(13)17)16-15-8/h1-2,4H,3H2,(H2,13,17)(H,14,15,16). The topological polar surface area (TPSA) is 84.7 Å². The van der Waals surface area contributed by atoms with Gasteiger partial charge in [0.25, 0.3) is 5.91 Å². The number of aromatic amines is 1. The zero-order chi connectivity index (χ0) is 12.4. The predicted molar refractivity (Wildman–Crippen MR) is 59.1 cm³/mol. The lowest BCUT2D eigenvalue weighted by Gasteiger charge is -1.99. The first-order chi connectivity index (χ1) is 8.04. The van der Waals surface area contributed by atoms with Gasteiger partial charge in [-0.25, -0.2) is 9.37 Å². The molecule has 0 fully saturated rings. The van der Waals surface area contributed by atoms with Crippen LogP contribution in [-0.4, -0.2) is 21.1 Å². The molecule has 0 bridgehead atoms. The number of halogens is 2. The van der Waals surface area contributed by atoms with Crippen LogP contribution in [0.3, 0.4) is 0 Å². The summed E-state index contributed by atoms with van der Waals surface area (Å²) in [6, 6.07) is 4.15. The molecule has 2 aromatic rings. The molecular weight excluding hydrogens is 247 g/mol. The van der Waals surface area contributed by atoms with Gasteiger partial charge in [-0.2, -0.15) is 0 Å². The van der Waals surface area contributed by atoms with E-state index in [-0.39, 0.29) is 12.2 Å². The number of primary amides is 1. The van der Waals surface area contributed by atoms with Crippen molar-refractivity contribution in [3.63, 3.8) is 0 Å². The number of hydrogen-bond acceptors (Lipinski definition) is 3. The molecule has 3 N–H and O–H groups in total. The summed E-state index contributed by atoms with van der Waals surface area (Å²) in [6.45, 7) is 0. The normalized spacial score (nSPS) is 10.5. The molecule has 0 spiro atoms. The lowest BCUT2D eigenvalue weighted by Crippen LogP contribution is -2.12. The number of nitrogens with zero attached hydrogens (tertiary/aromatic N) is 2. The Balaban J connectivity index is 2.22. The van der Waals surface area contributed by atoms with Gasteiger partial charge in [0.15, 0.2) is 0 Å². The summed E-state index contributed by atoms with van der Waals surface area (Å²) >= 11 is 5.71. The molecule has 0 aliphatic carbocycles. The summed E-state index contributed by atoms with van der Waals surface area (Å²) < 4.78 is 13.1. The zero-order valence-corrected chi connectivity index (χ0v) is 9.33. The largest absolute Gasteiger partial charge is 0.363 e. The van der Waals surface area contributed by atoms with Crippen molar-refractivity contribution in [1.29, 1.82) is 0 Å². The lowest BCUT2D eigenvalue weighted by atomic mass is 10.1. The highest BCUT2D eigenvalue weighted by atomic mass is 35.5. The molecule has 1 aromatic carbocycles. The lowest BCUT2D eigenvalue weighted by molar-refractivity contribution is 0.0991. The van der Waals surface area contributed by atoms with Crippen molar-refractivity contribution in [2.24, 2.45) is 5.73 Å². The van der Waals surface area contributed by atoms with E-state index in [1.807, 2.05) is 0 Å². The van der Waals surface area contributed by atoms with Crippen LogP contribution in [0.1, 0.15) is 22.0 Å². The number of benzene rings is 1. The summed E-state index contributed by atoms with van der Waals surface area (Å²) in [6.07, 6.45) is 0.289. The summed E-state index contributed by atoms with van der Waals surface area (Å²) in [5.41, 5.74) is 5.63. The number of aromatic nitrogens is 3. The highest BCUT2D eigenvalue weighted by Gasteiger charge is 2.09. The van der Waals surface area contributed by atoms with Gasteiger partial charge in [0, 0.05) is 11.4 Å². The molecule has 88 valence electrons. The maximum absolute atomic E-state index is 13.1. The molecule has 5 nitrogen and oxygen atoms in total. The minimum absolute atomic E-state index is 0.0949. The number of nitrogens with two attached hydrogens (primary N) is 1. The monoisotopic (exact) mass is 254 g/mol. The molecule has 0 aliphatic heterocycles. The molecule has 0 aliphatic rings. The van der Waals surface area contributed by atoms with E-state index in [2.05, 4.69) is 15.2 Å². The third-order valence-corrected chi connectivity index (χ3v) is 2.26. The molecule has 17 heavy (non-hydrogen) atoms. The van der Waals surface area contributed by atoms with Gasteiger partial charge in [0.05, 0.1) is 0 Å². The first-order valence-electron chi connectivity index (χ1n) is 4.70. The van der Waals surface area contributed by atoms with E-state index in [9.17, 15) is 9.18 Å². The zero-order valence-electron chi connectivity index (χ0n) is 8.58. The van der Waals surface area contributed by atoms with Crippen molar-refractivity contribution in [2.45, 2.75) is 6.42 Å². The Morgan fingerprint density at radius 2 is 2.24 bits per heavy atom. The number of H-pyrrole nitrogens is 1. The van der Waals surface area contributed by atoms with Crippen molar-refractivity contribution < 1.29 is 9.18 Å². The van der Waals surface area contributed by atoms with Gasteiger partial charge in [0.1, 0.15) is 11.6 Å². The average molecular weight is 255 g/mol. The van der Waals surface area contributed by atoms with Crippen LogP contribution in [0.2, 0.25) is 5.02 Å².